The normalized spacial score (nSPS) is 17.4. The van der Waals surface area contributed by atoms with Gasteiger partial charge in [0, 0.05) is 48.5 Å². The van der Waals surface area contributed by atoms with Gasteiger partial charge in [0.25, 0.3) is 0 Å². The molecule has 5 heteroatoms. The summed E-state index contributed by atoms with van der Waals surface area (Å²) < 4.78 is 0. The number of nitrogens with zero attached hydrogens (tertiary/aromatic N) is 2. The summed E-state index contributed by atoms with van der Waals surface area (Å²) in [6.07, 6.45) is 15.8. The van der Waals surface area contributed by atoms with Gasteiger partial charge in [0.05, 0.1) is 0 Å². The number of benzene rings is 1. The summed E-state index contributed by atoms with van der Waals surface area (Å²) in [7, 11) is 1.94. The molecule has 0 fully saturated rings. The minimum Gasteiger partial charge on any atom is -0.508 e. The van der Waals surface area contributed by atoms with E-state index in [-0.39, 0.29) is 5.92 Å². The minimum atomic E-state index is 0.180. The molecule has 1 aliphatic carbocycles. The quantitative estimate of drug-likeness (QED) is 0.146. The number of aliphatic hydroxyl groups excluding tert-OH is 1. The van der Waals surface area contributed by atoms with Gasteiger partial charge in [-0.05, 0) is 87.3 Å². The zero-order valence-electron chi connectivity index (χ0n) is 23.4. The number of aliphatic hydroxyl groups is 1. The Morgan fingerprint density at radius 1 is 1.24 bits per heavy atom. The molecule has 4 nitrogen and oxygen atoms in total. The molecule has 1 aromatic carbocycles. The largest absolute Gasteiger partial charge is 0.508 e. The van der Waals surface area contributed by atoms with E-state index in [1.807, 2.05) is 37.5 Å². The van der Waals surface area contributed by atoms with Crippen LogP contribution in [-0.2, 0) is 6.42 Å². The summed E-state index contributed by atoms with van der Waals surface area (Å²) in [6.45, 7) is 15.1. The first-order chi connectivity index (χ1) is 17.8. The van der Waals surface area contributed by atoms with Crippen molar-refractivity contribution in [3.05, 3.63) is 94.5 Å². The van der Waals surface area contributed by atoms with Crippen LogP contribution in [0.25, 0.3) is 0 Å². The Morgan fingerprint density at radius 3 is 2.57 bits per heavy atom. The van der Waals surface area contributed by atoms with Crippen LogP contribution in [0.15, 0.2) is 88.9 Å². The lowest BCUT2D eigenvalue weighted by Gasteiger charge is -2.28. The molecular weight excluding hydrogens is 478 g/mol. The summed E-state index contributed by atoms with van der Waals surface area (Å²) >= 11 is 6.04. The molecule has 202 valence electrons. The van der Waals surface area contributed by atoms with Crippen LogP contribution in [0.1, 0.15) is 65.4 Å². The topological polar surface area (TPSA) is 47.9 Å². The highest BCUT2D eigenvalue weighted by atomic mass is 35.5. The van der Waals surface area contributed by atoms with E-state index in [4.69, 9.17) is 16.6 Å². The molecule has 0 radical (unpaired) electrons. The van der Waals surface area contributed by atoms with Gasteiger partial charge >= 0.3 is 0 Å². The van der Waals surface area contributed by atoms with Gasteiger partial charge in [-0.2, -0.15) is 0 Å². The van der Waals surface area contributed by atoms with E-state index in [0.717, 1.165) is 73.7 Å². The molecular formula is C32H46ClN3O. The van der Waals surface area contributed by atoms with Crippen molar-refractivity contribution in [2.45, 2.75) is 66.2 Å². The monoisotopic (exact) mass is 523 g/mol. The first-order valence-corrected chi connectivity index (χ1v) is 14.0. The van der Waals surface area contributed by atoms with Crippen LogP contribution < -0.4 is 5.32 Å². The molecule has 0 spiro atoms. The predicted molar refractivity (Wildman–Crippen MR) is 161 cm³/mol. The molecule has 37 heavy (non-hydrogen) atoms. The second-order valence-electron chi connectivity index (χ2n) is 10.0. The molecule has 0 heterocycles. The number of aryl methyl sites for hydroxylation is 1. The van der Waals surface area contributed by atoms with E-state index < -0.39 is 0 Å². The maximum Gasteiger partial charge on any atom is 0.135 e. The Morgan fingerprint density at radius 2 is 1.97 bits per heavy atom. The molecule has 0 bridgehead atoms. The second kappa shape index (κ2) is 16.2. The maximum absolute atomic E-state index is 9.73. The zero-order chi connectivity index (χ0) is 27.2. The fraction of sp³-hybridized carbons (Fsp3) is 0.469. The summed E-state index contributed by atoms with van der Waals surface area (Å²) in [5.74, 6) is 2.03. The number of aliphatic imine (C=N–C) groups is 1. The van der Waals surface area contributed by atoms with E-state index in [2.05, 4.69) is 62.7 Å². The standard InChI is InChI=1S/C32H46ClN3O/c1-7-20-36(21-19-25(4)9-10-27-11-15-29(33)16-12-27)32(35-23-24(3)8-2)26(5)22-31(34-6)28-13-17-30(37)18-14-28/h11-13,15-18,22-23,25,28,34,37H,5,7-10,14,19-21H2,1-4,6H3/b24-23-,31-22-,35-32?. The van der Waals surface area contributed by atoms with E-state index in [0.29, 0.717) is 11.7 Å². The van der Waals surface area contributed by atoms with Gasteiger partial charge in [0.1, 0.15) is 11.6 Å². The third kappa shape index (κ3) is 10.7. The Kier molecular flexibility index (Phi) is 13.3. The van der Waals surface area contributed by atoms with Gasteiger partial charge in [-0.25, -0.2) is 4.99 Å². The first-order valence-electron chi connectivity index (χ1n) is 13.7. The molecule has 0 saturated heterocycles. The van der Waals surface area contributed by atoms with Gasteiger partial charge < -0.3 is 15.3 Å². The highest BCUT2D eigenvalue weighted by Crippen LogP contribution is 2.23. The smallest absolute Gasteiger partial charge is 0.135 e. The van der Waals surface area contributed by atoms with Gasteiger partial charge in [-0.15, -0.1) is 0 Å². The van der Waals surface area contributed by atoms with Crippen LogP contribution in [0.5, 0.6) is 0 Å². The lowest BCUT2D eigenvalue weighted by molar-refractivity contribution is 0.362. The Hall–Kier alpha value is -2.72. The third-order valence-corrected chi connectivity index (χ3v) is 7.13. The van der Waals surface area contributed by atoms with E-state index >= 15 is 0 Å². The van der Waals surface area contributed by atoms with Gasteiger partial charge in [-0.1, -0.05) is 62.7 Å². The Balaban J connectivity index is 2.18. The number of halogens is 1. The number of allylic oxidation sites excluding steroid dienone is 4. The maximum atomic E-state index is 9.73. The minimum absolute atomic E-state index is 0.180. The van der Waals surface area contributed by atoms with E-state index in [9.17, 15) is 5.11 Å². The van der Waals surface area contributed by atoms with Crippen molar-refractivity contribution in [3.63, 3.8) is 0 Å². The van der Waals surface area contributed by atoms with Crippen LogP contribution in [0.4, 0.5) is 0 Å². The van der Waals surface area contributed by atoms with Crippen LogP contribution in [0.3, 0.4) is 0 Å². The van der Waals surface area contributed by atoms with Crippen molar-refractivity contribution in [2.75, 3.05) is 20.1 Å². The van der Waals surface area contributed by atoms with Crippen molar-refractivity contribution in [1.82, 2.24) is 10.2 Å². The molecule has 0 aliphatic heterocycles. The Bertz CT molecular complexity index is 1020. The molecule has 2 N–H and O–H groups in total. The summed E-state index contributed by atoms with van der Waals surface area (Å²) in [6, 6.07) is 8.19. The predicted octanol–water partition coefficient (Wildman–Crippen LogP) is 8.40. The van der Waals surface area contributed by atoms with Crippen molar-refractivity contribution in [2.24, 2.45) is 16.8 Å². The molecule has 2 atom stereocenters. The van der Waals surface area contributed by atoms with Crippen LogP contribution in [0.2, 0.25) is 5.02 Å². The summed E-state index contributed by atoms with van der Waals surface area (Å²) in [5, 5.41) is 13.9. The van der Waals surface area contributed by atoms with E-state index in [1.165, 1.54) is 11.1 Å². The van der Waals surface area contributed by atoms with Crippen molar-refractivity contribution >= 4 is 17.4 Å². The number of nitrogens with one attached hydrogen (secondary N) is 1. The lowest BCUT2D eigenvalue weighted by atomic mass is 9.95. The first kappa shape index (κ1) is 30.5. The molecule has 1 aliphatic rings. The molecule has 0 saturated carbocycles. The highest BCUT2D eigenvalue weighted by molar-refractivity contribution is 6.30. The number of rotatable bonds is 14. The molecule has 1 aromatic rings. The zero-order valence-corrected chi connectivity index (χ0v) is 24.2. The fourth-order valence-corrected chi connectivity index (χ4v) is 4.39. The SMILES string of the molecule is C=C(/C=C(\NC)C1C=CC(O)=CC1)C(=N/C=C(/C)CC)N(CCC)CCC(C)CCc1ccc(Cl)cc1. The van der Waals surface area contributed by atoms with Crippen molar-refractivity contribution in [1.29, 1.82) is 0 Å². The van der Waals surface area contributed by atoms with Crippen LogP contribution >= 0.6 is 11.6 Å². The molecule has 2 rings (SSSR count). The van der Waals surface area contributed by atoms with Gasteiger partial charge in [-0.3, -0.25) is 0 Å². The van der Waals surface area contributed by atoms with Gasteiger partial charge in [0.15, 0.2) is 0 Å². The fourth-order valence-electron chi connectivity index (χ4n) is 4.27. The Labute approximate surface area is 230 Å². The van der Waals surface area contributed by atoms with Gasteiger partial charge in [0.2, 0.25) is 0 Å². The van der Waals surface area contributed by atoms with Crippen molar-refractivity contribution < 1.29 is 5.11 Å². The summed E-state index contributed by atoms with van der Waals surface area (Å²) in [4.78, 5) is 7.36. The number of amidine groups is 1. The van der Waals surface area contributed by atoms with Crippen molar-refractivity contribution in [3.8, 4) is 0 Å². The molecule has 2 unspecified atom stereocenters. The number of hydrogen-bond donors (Lipinski definition) is 2. The highest BCUT2D eigenvalue weighted by Gasteiger charge is 2.18. The van der Waals surface area contributed by atoms with E-state index in [1.54, 1.807) is 6.08 Å². The second-order valence-corrected chi connectivity index (χ2v) is 10.5. The lowest BCUT2D eigenvalue weighted by Crippen LogP contribution is -2.34. The summed E-state index contributed by atoms with van der Waals surface area (Å²) in [5.41, 5.74) is 4.55. The van der Waals surface area contributed by atoms with Crippen LogP contribution in [0, 0.1) is 11.8 Å². The number of hydrogen-bond acceptors (Lipinski definition) is 3. The molecule has 0 aromatic heterocycles. The average molecular weight is 524 g/mol. The third-order valence-electron chi connectivity index (χ3n) is 6.87. The average Bonchev–Trinajstić information content (AvgIpc) is 2.90. The molecule has 0 amide bonds. The van der Waals surface area contributed by atoms with Crippen LogP contribution in [-0.4, -0.2) is 36.0 Å².